The molecule has 0 aliphatic rings. The van der Waals surface area contributed by atoms with Crippen LogP contribution in [0.1, 0.15) is 19.4 Å². The van der Waals surface area contributed by atoms with Crippen LogP contribution < -0.4 is 10.1 Å². The highest BCUT2D eigenvalue weighted by molar-refractivity contribution is 8.00. The van der Waals surface area contributed by atoms with E-state index >= 15 is 0 Å². The van der Waals surface area contributed by atoms with Gasteiger partial charge in [-0.2, -0.15) is 5.10 Å². The Labute approximate surface area is 185 Å². The van der Waals surface area contributed by atoms with Gasteiger partial charge in [-0.25, -0.2) is 9.50 Å². The molecule has 2 aromatic heterocycles. The molecule has 1 N–H and O–H groups in total. The highest BCUT2D eigenvalue weighted by Gasteiger charge is 2.13. The van der Waals surface area contributed by atoms with Crippen LogP contribution >= 0.6 is 11.8 Å². The number of nitrogens with zero attached hydrogens (tertiary/aromatic N) is 3. The van der Waals surface area contributed by atoms with Crippen LogP contribution in [0.4, 0.5) is 5.69 Å². The van der Waals surface area contributed by atoms with Gasteiger partial charge in [0.15, 0.2) is 0 Å². The lowest BCUT2D eigenvalue weighted by Gasteiger charge is -2.11. The molecule has 6 nitrogen and oxygen atoms in total. The Morgan fingerprint density at radius 1 is 1.13 bits per heavy atom. The molecule has 0 aliphatic carbocycles. The molecule has 1 amide bonds. The van der Waals surface area contributed by atoms with Gasteiger partial charge in [-0.15, -0.1) is 0 Å². The molecule has 0 unspecified atom stereocenters. The normalized spacial score (nSPS) is 10.9. The molecule has 0 atom stereocenters. The number of ether oxygens (including phenoxy) is 1. The predicted molar refractivity (Wildman–Crippen MR) is 125 cm³/mol. The first-order chi connectivity index (χ1) is 15.2. The Morgan fingerprint density at radius 3 is 2.71 bits per heavy atom. The highest BCUT2D eigenvalue weighted by Crippen LogP contribution is 2.27. The molecular weight excluding hydrogens is 408 g/mol. The first-order valence-corrected chi connectivity index (χ1v) is 11.2. The van der Waals surface area contributed by atoms with Crippen molar-refractivity contribution in [1.29, 1.82) is 0 Å². The predicted octanol–water partition coefficient (Wildman–Crippen LogP) is 5.09. The second-order valence-electron chi connectivity index (χ2n) is 6.91. The summed E-state index contributed by atoms with van der Waals surface area (Å²) >= 11 is 1.39. The number of amides is 1. The summed E-state index contributed by atoms with van der Waals surface area (Å²) in [5.74, 6) is 0.785. The number of hydrogen-bond acceptors (Lipinski definition) is 5. The number of rotatable bonds is 8. The van der Waals surface area contributed by atoms with E-state index in [0.717, 1.165) is 28.2 Å². The average Bonchev–Trinajstić information content (AvgIpc) is 3.24. The molecule has 4 rings (SSSR count). The maximum atomic E-state index is 12.5. The van der Waals surface area contributed by atoms with E-state index < -0.39 is 0 Å². The lowest BCUT2D eigenvalue weighted by Crippen LogP contribution is -2.15. The Morgan fingerprint density at radius 2 is 1.94 bits per heavy atom. The number of nitrogens with one attached hydrogen (secondary N) is 1. The second kappa shape index (κ2) is 9.66. The summed E-state index contributed by atoms with van der Waals surface area (Å²) in [5, 5.41) is 8.36. The van der Waals surface area contributed by atoms with Gasteiger partial charge in [-0.1, -0.05) is 55.1 Å². The molecule has 0 saturated carbocycles. The molecule has 0 spiro atoms. The fraction of sp³-hybridized carbons (Fsp3) is 0.208. The SMILES string of the molecule is CCOc1ccccc1NC(=O)CSc1nccn2nc(-c3ccc(CC)cc3)cc12. The van der Waals surface area contributed by atoms with Crippen molar-refractivity contribution >= 4 is 28.9 Å². The second-order valence-corrected chi connectivity index (χ2v) is 7.87. The number of carbonyl (C=O) groups excluding carboxylic acids is 1. The van der Waals surface area contributed by atoms with E-state index in [4.69, 9.17) is 4.74 Å². The van der Waals surface area contributed by atoms with Gasteiger partial charge < -0.3 is 10.1 Å². The van der Waals surface area contributed by atoms with Gasteiger partial charge >= 0.3 is 0 Å². The number of fused-ring (bicyclic) bond motifs is 1. The van der Waals surface area contributed by atoms with Crippen molar-refractivity contribution in [3.8, 4) is 17.0 Å². The number of hydrogen-bond donors (Lipinski definition) is 1. The smallest absolute Gasteiger partial charge is 0.234 e. The molecule has 7 heteroatoms. The van der Waals surface area contributed by atoms with Crippen molar-refractivity contribution in [3.63, 3.8) is 0 Å². The fourth-order valence-electron chi connectivity index (χ4n) is 3.23. The number of aromatic nitrogens is 3. The molecular formula is C24H24N4O2S. The van der Waals surface area contributed by atoms with E-state index in [0.29, 0.717) is 18.0 Å². The molecule has 0 bridgehead atoms. The van der Waals surface area contributed by atoms with Crippen LogP contribution in [0.15, 0.2) is 72.0 Å². The van der Waals surface area contributed by atoms with Crippen molar-refractivity contribution in [2.24, 2.45) is 0 Å². The van der Waals surface area contributed by atoms with Crippen molar-refractivity contribution in [2.45, 2.75) is 25.3 Å². The monoisotopic (exact) mass is 432 g/mol. The van der Waals surface area contributed by atoms with E-state index in [2.05, 4.69) is 46.6 Å². The third kappa shape index (κ3) is 4.88. The van der Waals surface area contributed by atoms with Crippen LogP contribution in [-0.2, 0) is 11.2 Å². The number of benzene rings is 2. The molecule has 4 aromatic rings. The highest BCUT2D eigenvalue weighted by atomic mass is 32.2. The molecule has 0 radical (unpaired) electrons. The summed E-state index contributed by atoms with van der Waals surface area (Å²) in [6.45, 7) is 4.59. The van der Waals surface area contributed by atoms with Crippen LogP contribution in [0.2, 0.25) is 0 Å². The third-order valence-corrected chi connectivity index (χ3v) is 5.81. The van der Waals surface area contributed by atoms with E-state index in [-0.39, 0.29) is 11.7 Å². The molecule has 158 valence electrons. The molecule has 2 aromatic carbocycles. The molecule has 2 heterocycles. The summed E-state index contributed by atoms with van der Waals surface area (Å²) in [5.41, 5.74) is 4.78. The van der Waals surface area contributed by atoms with Gasteiger partial charge in [0, 0.05) is 18.0 Å². The number of thioether (sulfide) groups is 1. The van der Waals surface area contributed by atoms with Crippen molar-refractivity contribution < 1.29 is 9.53 Å². The van der Waals surface area contributed by atoms with Crippen LogP contribution in [0.3, 0.4) is 0 Å². The summed E-state index contributed by atoms with van der Waals surface area (Å²) in [6.07, 6.45) is 4.53. The number of aryl methyl sites for hydroxylation is 1. The number of anilines is 1. The lowest BCUT2D eigenvalue weighted by atomic mass is 10.1. The van der Waals surface area contributed by atoms with Crippen molar-refractivity contribution in [2.75, 3.05) is 17.7 Å². The third-order valence-electron chi connectivity index (χ3n) is 4.81. The zero-order valence-corrected chi connectivity index (χ0v) is 18.4. The van der Waals surface area contributed by atoms with Crippen LogP contribution in [0.5, 0.6) is 5.75 Å². The summed E-state index contributed by atoms with van der Waals surface area (Å²) in [4.78, 5) is 17.0. The molecule has 0 saturated heterocycles. The van der Waals surface area contributed by atoms with E-state index in [1.807, 2.05) is 43.5 Å². The average molecular weight is 433 g/mol. The van der Waals surface area contributed by atoms with Crippen molar-refractivity contribution in [3.05, 3.63) is 72.6 Å². The maximum Gasteiger partial charge on any atom is 0.234 e. The van der Waals surface area contributed by atoms with Gasteiger partial charge in [0.1, 0.15) is 10.8 Å². The topological polar surface area (TPSA) is 68.5 Å². The van der Waals surface area contributed by atoms with Crippen LogP contribution in [0, 0.1) is 0 Å². The minimum atomic E-state index is -0.115. The minimum Gasteiger partial charge on any atom is -0.492 e. The van der Waals surface area contributed by atoms with E-state index in [1.54, 1.807) is 10.7 Å². The van der Waals surface area contributed by atoms with Gasteiger partial charge in [0.25, 0.3) is 0 Å². The first-order valence-electron chi connectivity index (χ1n) is 10.3. The Hall–Kier alpha value is -3.32. The standard InChI is InChI=1S/C24H24N4O2S/c1-3-17-9-11-18(12-10-17)20-15-21-24(25-13-14-28(21)27-20)31-16-23(29)26-19-7-5-6-8-22(19)30-4-2/h5-15H,3-4,16H2,1-2H3,(H,26,29). The Balaban J connectivity index is 1.48. The molecule has 31 heavy (non-hydrogen) atoms. The summed E-state index contributed by atoms with van der Waals surface area (Å²) in [7, 11) is 0. The zero-order valence-electron chi connectivity index (χ0n) is 17.5. The molecule has 0 fully saturated rings. The summed E-state index contributed by atoms with van der Waals surface area (Å²) < 4.78 is 7.38. The Kier molecular flexibility index (Phi) is 6.52. The largest absolute Gasteiger partial charge is 0.492 e. The van der Waals surface area contributed by atoms with Gasteiger partial charge in [0.05, 0.1) is 29.3 Å². The number of carbonyl (C=O) groups is 1. The van der Waals surface area contributed by atoms with E-state index in [1.165, 1.54) is 17.3 Å². The fourth-order valence-corrected chi connectivity index (χ4v) is 4.01. The van der Waals surface area contributed by atoms with Gasteiger partial charge in [-0.3, -0.25) is 4.79 Å². The van der Waals surface area contributed by atoms with Gasteiger partial charge in [-0.05, 0) is 37.1 Å². The zero-order chi connectivity index (χ0) is 21.6. The van der Waals surface area contributed by atoms with Gasteiger partial charge in [0.2, 0.25) is 5.91 Å². The van der Waals surface area contributed by atoms with Crippen LogP contribution in [-0.4, -0.2) is 32.9 Å². The van der Waals surface area contributed by atoms with Crippen molar-refractivity contribution in [1.82, 2.24) is 14.6 Å². The first kappa shape index (κ1) is 20.9. The number of para-hydroxylation sites is 2. The maximum absolute atomic E-state index is 12.5. The minimum absolute atomic E-state index is 0.115. The summed E-state index contributed by atoms with van der Waals surface area (Å²) in [6, 6.07) is 17.9. The van der Waals surface area contributed by atoms with Crippen LogP contribution in [0.25, 0.3) is 16.8 Å². The lowest BCUT2D eigenvalue weighted by molar-refractivity contribution is -0.113. The van der Waals surface area contributed by atoms with E-state index in [9.17, 15) is 4.79 Å². The molecule has 0 aliphatic heterocycles. The Bertz CT molecular complexity index is 1190. The quantitative estimate of drug-likeness (QED) is 0.393.